The van der Waals surface area contributed by atoms with E-state index in [2.05, 4.69) is 56.9 Å². The highest BCUT2D eigenvalue weighted by Gasteiger charge is 2.06. The summed E-state index contributed by atoms with van der Waals surface area (Å²) in [5.41, 5.74) is 4.27. The third kappa shape index (κ3) is 2.89. The van der Waals surface area contributed by atoms with Crippen molar-refractivity contribution in [1.29, 1.82) is 0 Å². The molecule has 0 atom stereocenters. The van der Waals surface area contributed by atoms with E-state index in [1.807, 2.05) is 30.3 Å². The normalized spacial score (nSPS) is 11.1. The Morgan fingerprint density at radius 2 is 1.78 bits per heavy atom. The van der Waals surface area contributed by atoms with E-state index in [1.54, 1.807) is 18.6 Å². The van der Waals surface area contributed by atoms with Crippen LogP contribution in [0.4, 0.5) is 0 Å². The number of pyridine rings is 1. The second-order valence-corrected chi connectivity index (χ2v) is 6.43. The Bertz CT molecular complexity index is 1260. The summed E-state index contributed by atoms with van der Waals surface area (Å²) in [7, 11) is 0. The first kappa shape index (κ1) is 15.5. The minimum Gasteiger partial charge on any atom is -0.424 e. The van der Waals surface area contributed by atoms with Crippen LogP contribution in [0, 0.1) is 6.92 Å². The predicted octanol–water partition coefficient (Wildman–Crippen LogP) is 5.07. The van der Waals surface area contributed by atoms with Gasteiger partial charge in [-0.05, 0) is 55.5 Å². The maximum atomic E-state index is 5.80. The Morgan fingerprint density at radius 3 is 2.67 bits per heavy atom. The molecule has 5 aromatic rings. The fraction of sp³-hybridized carbons (Fsp3) is 0.0455. The average molecular weight is 352 g/mol. The van der Waals surface area contributed by atoms with Gasteiger partial charge >= 0.3 is 6.01 Å². The van der Waals surface area contributed by atoms with Crippen molar-refractivity contribution in [3.63, 3.8) is 0 Å². The van der Waals surface area contributed by atoms with Crippen LogP contribution in [0.2, 0.25) is 0 Å². The van der Waals surface area contributed by atoms with E-state index in [0.29, 0.717) is 11.8 Å². The van der Waals surface area contributed by atoms with Gasteiger partial charge < -0.3 is 9.30 Å². The molecule has 0 bridgehead atoms. The molecular weight excluding hydrogens is 336 g/mol. The third-order valence-corrected chi connectivity index (χ3v) is 4.53. The smallest absolute Gasteiger partial charge is 0.322 e. The maximum absolute atomic E-state index is 5.80. The monoisotopic (exact) mass is 352 g/mol. The first-order valence-electron chi connectivity index (χ1n) is 8.69. The van der Waals surface area contributed by atoms with Crippen molar-refractivity contribution in [3.05, 3.63) is 84.9 Å². The zero-order valence-electron chi connectivity index (χ0n) is 14.7. The van der Waals surface area contributed by atoms with Gasteiger partial charge in [0.1, 0.15) is 5.75 Å². The molecule has 0 saturated carbocycles. The standard InChI is InChI=1S/C22H16N4O/c1-15-2-7-21-16(12-15)9-11-26(21)18-3-5-19(6-4-18)27-22-24-13-17-8-10-23-14-20(17)25-22/h2-14H,1H3. The number of benzene rings is 2. The van der Waals surface area contributed by atoms with Crippen LogP contribution >= 0.6 is 0 Å². The van der Waals surface area contributed by atoms with Crippen molar-refractivity contribution in [2.75, 3.05) is 0 Å². The second kappa shape index (κ2) is 6.21. The van der Waals surface area contributed by atoms with Gasteiger partial charge in [-0.2, -0.15) is 4.98 Å². The minimum absolute atomic E-state index is 0.310. The van der Waals surface area contributed by atoms with E-state index < -0.39 is 0 Å². The van der Waals surface area contributed by atoms with Crippen LogP contribution in [-0.4, -0.2) is 19.5 Å². The second-order valence-electron chi connectivity index (χ2n) is 6.43. The molecule has 5 rings (SSSR count). The SMILES string of the molecule is Cc1ccc2c(ccn2-c2ccc(Oc3ncc4ccncc4n3)cc2)c1. The van der Waals surface area contributed by atoms with Crippen molar-refractivity contribution in [3.8, 4) is 17.4 Å². The summed E-state index contributed by atoms with van der Waals surface area (Å²) in [6.45, 7) is 2.10. The predicted molar refractivity (Wildman–Crippen MR) is 105 cm³/mol. The largest absolute Gasteiger partial charge is 0.424 e. The summed E-state index contributed by atoms with van der Waals surface area (Å²) in [4.78, 5) is 12.7. The molecule has 5 nitrogen and oxygen atoms in total. The lowest BCUT2D eigenvalue weighted by Gasteiger charge is -2.08. The van der Waals surface area contributed by atoms with E-state index in [-0.39, 0.29) is 0 Å². The Labute approximate surface area is 155 Å². The molecule has 0 aliphatic rings. The van der Waals surface area contributed by atoms with Crippen molar-refractivity contribution in [1.82, 2.24) is 19.5 Å². The average Bonchev–Trinajstić information content (AvgIpc) is 3.11. The number of aromatic nitrogens is 4. The van der Waals surface area contributed by atoms with Crippen molar-refractivity contribution in [2.45, 2.75) is 6.92 Å². The number of rotatable bonds is 3. The molecule has 2 aromatic carbocycles. The molecule has 0 aliphatic heterocycles. The van der Waals surface area contributed by atoms with Crippen LogP contribution in [0.1, 0.15) is 5.56 Å². The molecule has 0 saturated heterocycles. The summed E-state index contributed by atoms with van der Waals surface area (Å²) < 4.78 is 7.97. The van der Waals surface area contributed by atoms with E-state index in [1.165, 1.54) is 16.5 Å². The van der Waals surface area contributed by atoms with Crippen LogP contribution in [0.25, 0.3) is 27.5 Å². The number of nitrogens with zero attached hydrogens (tertiary/aromatic N) is 4. The number of aryl methyl sites for hydroxylation is 1. The van der Waals surface area contributed by atoms with Crippen LogP contribution in [0.5, 0.6) is 11.8 Å². The number of hydrogen-bond donors (Lipinski definition) is 0. The van der Waals surface area contributed by atoms with E-state index in [9.17, 15) is 0 Å². The van der Waals surface area contributed by atoms with Gasteiger partial charge in [0.15, 0.2) is 0 Å². The Kier molecular flexibility index (Phi) is 3.57. The molecule has 130 valence electrons. The maximum Gasteiger partial charge on any atom is 0.322 e. The van der Waals surface area contributed by atoms with Crippen molar-refractivity contribution in [2.24, 2.45) is 0 Å². The molecule has 0 aliphatic carbocycles. The third-order valence-electron chi connectivity index (χ3n) is 4.53. The molecule has 3 heterocycles. The summed E-state index contributed by atoms with van der Waals surface area (Å²) in [6, 6.07) is 18.7. The quantitative estimate of drug-likeness (QED) is 0.455. The first-order chi connectivity index (χ1) is 13.3. The minimum atomic E-state index is 0.310. The van der Waals surface area contributed by atoms with Crippen molar-refractivity contribution < 1.29 is 4.74 Å². The van der Waals surface area contributed by atoms with E-state index >= 15 is 0 Å². The summed E-state index contributed by atoms with van der Waals surface area (Å²) in [5, 5.41) is 2.16. The van der Waals surface area contributed by atoms with Crippen LogP contribution in [0.3, 0.4) is 0 Å². The summed E-state index contributed by atoms with van der Waals surface area (Å²) in [6.07, 6.45) is 7.24. The van der Waals surface area contributed by atoms with Gasteiger partial charge in [-0.15, -0.1) is 0 Å². The van der Waals surface area contributed by atoms with Crippen LogP contribution in [-0.2, 0) is 0 Å². The molecular formula is C22H16N4O. The Morgan fingerprint density at radius 1 is 0.889 bits per heavy atom. The van der Waals surface area contributed by atoms with E-state index in [4.69, 9.17) is 4.74 Å². The van der Waals surface area contributed by atoms with Crippen LogP contribution < -0.4 is 4.74 Å². The highest BCUT2D eigenvalue weighted by molar-refractivity contribution is 5.82. The van der Waals surface area contributed by atoms with Gasteiger partial charge in [-0.1, -0.05) is 11.6 Å². The number of fused-ring (bicyclic) bond motifs is 2. The van der Waals surface area contributed by atoms with Gasteiger partial charge in [0.2, 0.25) is 0 Å². The zero-order chi connectivity index (χ0) is 18.2. The van der Waals surface area contributed by atoms with Gasteiger partial charge in [0, 0.05) is 35.1 Å². The molecule has 3 aromatic heterocycles. The summed E-state index contributed by atoms with van der Waals surface area (Å²) >= 11 is 0. The molecule has 0 fully saturated rings. The highest BCUT2D eigenvalue weighted by Crippen LogP contribution is 2.25. The fourth-order valence-electron chi connectivity index (χ4n) is 3.17. The molecule has 0 N–H and O–H groups in total. The molecule has 0 radical (unpaired) electrons. The van der Waals surface area contributed by atoms with Gasteiger partial charge in [-0.25, -0.2) is 4.98 Å². The molecule has 27 heavy (non-hydrogen) atoms. The molecule has 0 spiro atoms. The summed E-state index contributed by atoms with van der Waals surface area (Å²) in [5.74, 6) is 0.689. The lowest BCUT2D eigenvalue weighted by molar-refractivity contribution is 0.444. The topological polar surface area (TPSA) is 52.8 Å². The Hall–Kier alpha value is -3.73. The number of ether oxygens (including phenoxy) is 1. The highest BCUT2D eigenvalue weighted by atomic mass is 16.5. The molecule has 0 unspecified atom stereocenters. The van der Waals surface area contributed by atoms with Crippen LogP contribution in [0.15, 0.2) is 79.4 Å². The van der Waals surface area contributed by atoms with E-state index in [0.717, 1.165) is 16.6 Å². The fourth-order valence-corrected chi connectivity index (χ4v) is 3.17. The molecule has 0 amide bonds. The molecule has 5 heteroatoms. The van der Waals surface area contributed by atoms with Gasteiger partial charge in [0.25, 0.3) is 0 Å². The van der Waals surface area contributed by atoms with Crippen molar-refractivity contribution >= 4 is 21.8 Å². The zero-order valence-corrected chi connectivity index (χ0v) is 14.7. The van der Waals surface area contributed by atoms with Gasteiger partial charge in [-0.3, -0.25) is 4.98 Å². The number of hydrogen-bond acceptors (Lipinski definition) is 4. The lowest BCUT2D eigenvalue weighted by Crippen LogP contribution is -1.94. The van der Waals surface area contributed by atoms with Gasteiger partial charge in [0.05, 0.1) is 17.2 Å². The Balaban J connectivity index is 1.43. The lowest BCUT2D eigenvalue weighted by atomic mass is 10.2. The first-order valence-corrected chi connectivity index (χ1v) is 8.69.